The number of esters is 1. The van der Waals surface area contributed by atoms with Gasteiger partial charge in [-0.2, -0.15) is 0 Å². The standard InChI is InChI=1S/C23H28N6O6SSi/c1-14(35-37(3,4)5)20-18-12-19(36-11-10-27-15(2)24-25-26-27)21(28(18)22(20)30)23(31)34-13-16-6-8-17(9-7-16)29(32)33/h6-11,14,18,20H,12-13H2,1-5H3/b11-10+/t14-,18+,20-/m0/s1. The number of thioether (sulfide) groups is 1. The highest BCUT2D eigenvalue weighted by Crippen LogP contribution is 2.48. The lowest BCUT2D eigenvalue weighted by Gasteiger charge is -2.47. The third-order valence-electron chi connectivity index (χ3n) is 5.99. The van der Waals surface area contributed by atoms with Gasteiger partial charge in [0.2, 0.25) is 5.91 Å². The first-order chi connectivity index (χ1) is 17.5. The number of fused-ring (bicyclic) bond motifs is 1. The van der Waals surface area contributed by atoms with Gasteiger partial charge in [-0.25, -0.2) is 9.48 Å². The van der Waals surface area contributed by atoms with Crippen molar-refractivity contribution in [2.75, 3.05) is 0 Å². The van der Waals surface area contributed by atoms with E-state index in [0.717, 1.165) is 0 Å². The molecule has 1 amide bonds. The van der Waals surface area contributed by atoms with Gasteiger partial charge < -0.3 is 14.1 Å². The number of rotatable bonds is 10. The van der Waals surface area contributed by atoms with Crippen LogP contribution in [0.2, 0.25) is 19.6 Å². The summed E-state index contributed by atoms with van der Waals surface area (Å²) in [7, 11) is -1.87. The van der Waals surface area contributed by atoms with Crippen molar-refractivity contribution in [3.63, 3.8) is 0 Å². The number of nitro benzene ring substituents is 1. The number of tetrazole rings is 1. The van der Waals surface area contributed by atoms with Crippen molar-refractivity contribution in [3.05, 3.63) is 61.8 Å². The van der Waals surface area contributed by atoms with Crippen molar-refractivity contribution >= 4 is 43.8 Å². The normalized spacial score (nSPS) is 20.2. The minimum Gasteiger partial charge on any atom is -0.456 e. The highest BCUT2D eigenvalue weighted by Gasteiger charge is 2.57. The number of aryl methyl sites for hydroxylation is 1. The van der Waals surface area contributed by atoms with Crippen molar-refractivity contribution in [2.24, 2.45) is 5.92 Å². The number of non-ortho nitro benzene ring substituents is 1. The number of aromatic nitrogens is 4. The Morgan fingerprint density at radius 2 is 2.03 bits per heavy atom. The molecule has 1 saturated heterocycles. The first kappa shape index (κ1) is 26.7. The van der Waals surface area contributed by atoms with Gasteiger partial charge in [0.1, 0.15) is 12.3 Å². The predicted octanol–water partition coefficient (Wildman–Crippen LogP) is 3.48. The molecule has 37 heavy (non-hydrogen) atoms. The molecule has 196 valence electrons. The molecule has 0 spiro atoms. The molecule has 0 saturated carbocycles. The predicted molar refractivity (Wildman–Crippen MR) is 138 cm³/mol. The molecule has 1 fully saturated rings. The molecule has 0 unspecified atom stereocenters. The Morgan fingerprint density at radius 1 is 1.32 bits per heavy atom. The maximum atomic E-state index is 13.2. The molecular weight excluding hydrogens is 516 g/mol. The first-order valence-corrected chi connectivity index (χ1v) is 16.0. The van der Waals surface area contributed by atoms with Crippen LogP contribution < -0.4 is 0 Å². The fraction of sp³-hybridized carbons (Fsp3) is 0.435. The molecule has 0 N–H and O–H groups in total. The average Bonchev–Trinajstić information content (AvgIpc) is 3.37. The van der Waals surface area contributed by atoms with E-state index in [-0.39, 0.29) is 42.0 Å². The summed E-state index contributed by atoms with van der Waals surface area (Å²) in [5.74, 6) is -0.515. The molecular formula is C23H28N6O6SSi. The zero-order valence-corrected chi connectivity index (χ0v) is 23.0. The van der Waals surface area contributed by atoms with Crippen molar-refractivity contribution < 1.29 is 23.7 Å². The zero-order valence-electron chi connectivity index (χ0n) is 21.2. The lowest BCUT2D eigenvalue weighted by molar-refractivity contribution is -0.384. The Labute approximate surface area is 219 Å². The number of carbonyl (C=O) groups is 2. The maximum absolute atomic E-state index is 13.2. The largest absolute Gasteiger partial charge is 0.456 e. The van der Waals surface area contributed by atoms with E-state index in [9.17, 15) is 19.7 Å². The second-order valence-corrected chi connectivity index (χ2v) is 15.2. The van der Waals surface area contributed by atoms with E-state index in [1.165, 1.54) is 45.6 Å². The molecule has 2 aliphatic heterocycles. The topological polar surface area (TPSA) is 143 Å². The van der Waals surface area contributed by atoms with Crippen molar-refractivity contribution in [1.29, 1.82) is 0 Å². The smallest absolute Gasteiger partial charge is 0.356 e. The number of hydrogen-bond acceptors (Lipinski definition) is 10. The molecule has 14 heteroatoms. The SMILES string of the molecule is Cc1nnnn1/C=C/SC1=C(C(=O)OCc2ccc([N+](=O)[O-])cc2)N2C(=O)[C@@H]([C@H](C)O[Si](C)(C)C)[C@H]2C1. The fourth-order valence-corrected chi connectivity index (χ4v) is 6.58. The third-order valence-corrected chi connectivity index (χ3v) is 7.97. The molecule has 0 bridgehead atoms. The van der Waals surface area contributed by atoms with Gasteiger partial charge in [-0.05, 0) is 67.0 Å². The van der Waals surface area contributed by atoms with Crippen LogP contribution in [0.25, 0.3) is 6.20 Å². The van der Waals surface area contributed by atoms with Gasteiger partial charge in [0.25, 0.3) is 5.69 Å². The number of benzene rings is 1. The van der Waals surface area contributed by atoms with E-state index in [0.29, 0.717) is 22.7 Å². The highest BCUT2D eigenvalue weighted by atomic mass is 32.2. The fourth-order valence-electron chi connectivity index (χ4n) is 4.42. The zero-order chi connectivity index (χ0) is 26.9. The van der Waals surface area contributed by atoms with Gasteiger partial charge in [-0.15, -0.1) is 5.10 Å². The molecule has 0 aliphatic carbocycles. The van der Waals surface area contributed by atoms with Crippen LogP contribution in [0.3, 0.4) is 0 Å². The van der Waals surface area contributed by atoms with Crippen molar-refractivity contribution in [3.8, 4) is 0 Å². The highest BCUT2D eigenvalue weighted by molar-refractivity contribution is 8.06. The molecule has 12 nitrogen and oxygen atoms in total. The quantitative estimate of drug-likeness (QED) is 0.143. The van der Waals surface area contributed by atoms with E-state index < -0.39 is 19.2 Å². The van der Waals surface area contributed by atoms with Gasteiger partial charge in [0.05, 0.1) is 23.0 Å². The molecule has 1 aromatic heterocycles. The van der Waals surface area contributed by atoms with Crippen LogP contribution in [0.5, 0.6) is 0 Å². The van der Waals surface area contributed by atoms with Crippen LogP contribution in [0.1, 0.15) is 24.7 Å². The van der Waals surface area contributed by atoms with Crippen molar-refractivity contribution in [2.45, 2.75) is 58.7 Å². The summed E-state index contributed by atoms with van der Waals surface area (Å²) in [6, 6.07) is 5.58. The van der Waals surface area contributed by atoms with Gasteiger partial charge in [-0.3, -0.25) is 14.9 Å². The Bertz CT molecular complexity index is 1270. The van der Waals surface area contributed by atoms with E-state index in [2.05, 4.69) is 35.2 Å². The summed E-state index contributed by atoms with van der Waals surface area (Å²) in [5.41, 5.74) is 0.769. The minimum absolute atomic E-state index is 0.0495. The molecule has 3 atom stereocenters. The minimum atomic E-state index is -1.87. The molecule has 2 aromatic rings. The maximum Gasteiger partial charge on any atom is 0.356 e. The van der Waals surface area contributed by atoms with Crippen molar-refractivity contribution in [1.82, 2.24) is 25.1 Å². The lowest BCUT2D eigenvalue weighted by atomic mass is 9.83. The number of carbonyl (C=O) groups excluding carboxylic acids is 2. The monoisotopic (exact) mass is 544 g/mol. The second kappa shape index (κ2) is 10.6. The summed E-state index contributed by atoms with van der Waals surface area (Å²) in [6.45, 7) is 9.82. The molecule has 4 rings (SSSR count). The molecule has 2 aliphatic rings. The number of amides is 1. The Morgan fingerprint density at radius 3 is 2.62 bits per heavy atom. The third kappa shape index (κ3) is 5.81. The van der Waals surface area contributed by atoms with Crippen LogP contribution >= 0.6 is 11.8 Å². The van der Waals surface area contributed by atoms with Gasteiger partial charge in [0, 0.05) is 29.7 Å². The first-order valence-electron chi connectivity index (χ1n) is 11.7. The summed E-state index contributed by atoms with van der Waals surface area (Å²) >= 11 is 1.31. The Kier molecular flexibility index (Phi) is 7.61. The van der Waals surface area contributed by atoms with Crippen LogP contribution in [0.15, 0.2) is 40.3 Å². The van der Waals surface area contributed by atoms with Crippen LogP contribution in [0.4, 0.5) is 5.69 Å². The lowest BCUT2D eigenvalue weighted by Crippen LogP contribution is -2.63. The summed E-state index contributed by atoms with van der Waals surface area (Å²) in [6.07, 6.45) is 1.92. The number of β-lactam (4-membered cyclic amide) rings is 1. The van der Waals surface area contributed by atoms with Crippen LogP contribution in [-0.4, -0.2) is 62.4 Å². The molecule has 0 radical (unpaired) electrons. The van der Waals surface area contributed by atoms with E-state index in [1.54, 1.807) is 18.5 Å². The number of nitro groups is 1. The molecule has 1 aromatic carbocycles. The summed E-state index contributed by atoms with van der Waals surface area (Å²) in [5, 5.41) is 23.9. The summed E-state index contributed by atoms with van der Waals surface area (Å²) < 4.78 is 13.2. The van der Waals surface area contributed by atoms with Gasteiger partial charge in [0.15, 0.2) is 14.1 Å². The number of nitrogens with zero attached hydrogens (tertiary/aromatic N) is 6. The Balaban J connectivity index is 1.52. The van der Waals surface area contributed by atoms with E-state index in [4.69, 9.17) is 9.16 Å². The van der Waals surface area contributed by atoms with Gasteiger partial charge in [-0.1, -0.05) is 11.8 Å². The van der Waals surface area contributed by atoms with Crippen LogP contribution in [-0.2, 0) is 25.4 Å². The van der Waals surface area contributed by atoms with E-state index in [1.807, 2.05) is 6.92 Å². The van der Waals surface area contributed by atoms with Crippen LogP contribution in [0, 0.1) is 23.0 Å². The summed E-state index contributed by atoms with van der Waals surface area (Å²) in [4.78, 5) is 39.0. The Hall–Kier alpha value is -3.36. The van der Waals surface area contributed by atoms with E-state index >= 15 is 0 Å². The average molecular weight is 545 g/mol. The molecule has 3 heterocycles. The number of ether oxygens (including phenoxy) is 1. The van der Waals surface area contributed by atoms with Gasteiger partial charge >= 0.3 is 5.97 Å². The number of hydrogen-bond donors (Lipinski definition) is 0. The second-order valence-electron chi connectivity index (χ2n) is 9.79.